The molecule has 84 valence electrons. The topological polar surface area (TPSA) is 46.2 Å². The van der Waals surface area contributed by atoms with E-state index in [0.29, 0.717) is 4.90 Å². The van der Waals surface area contributed by atoms with Gasteiger partial charge in [0, 0.05) is 6.04 Å². The van der Waals surface area contributed by atoms with Gasteiger partial charge in [-0.3, -0.25) is 0 Å². The molecule has 0 saturated heterocycles. The number of benzene rings is 1. The summed E-state index contributed by atoms with van der Waals surface area (Å²) in [5.74, 6) is 0. The molecule has 4 heteroatoms. The van der Waals surface area contributed by atoms with Crippen LogP contribution in [-0.2, 0) is 10.0 Å². The second-order valence-electron chi connectivity index (χ2n) is 3.45. The van der Waals surface area contributed by atoms with E-state index in [1.54, 1.807) is 30.3 Å². The summed E-state index contributed by atoms with van der Waals surface area (Å²) in [5.41, 5.74) is 0. The van der Waals surface area contributed by atoms with Gasteiger partial charge in [0.25, 0.3) is 0 Å². The molecule has 0 radical (unpaired) electrons. The SMILES string of the molecule is CCC(CC)NS(=O)(=O)c1ccccc1. The van der Waals surface area contributed by atoms with Crippen LogP contribution in [0.3, 0.4) is 0 Å². The average Bonchev–Trinajstić information content (AvgIpc) is 2.27. The Bertz CT molecular complexity index is 382. The quantitative estimate of drug-likeness (QED) is 0.837. The standard InChI is InChI=1S/C11H17NO2S/c1-3-10(4-2)12-15(13,14)11-8-6-5-7-9-11/h5-10,12H,3-4H2,1-2H3. The zero-order chi connectivity index (χ0) is 11.3. The minimum Gasteiger partial charge on any atom is -0.208 e. The minimum atomic E-state index is -3.33. The Balaban J connectivity index is 2.85. The molecule has 0 spiro atoms. The van der Waals surface area contributed by atoms with Crippen LogP contribution < -0.4 is 4.72 Å². The highest BCUT2D eigenvalue weighted by atomic mass is 32.2. The van der Waals surface area contributed by atoms with E-state index in [2.05, 4.69) is 4.72 Å². The van der Waals surface area contributed by atoms with Crippen LogP contribution in [0.25, 0.3) is 0 Å². The molecule has 1 N–H and O–H groups in total. The monoisotopic (exact) mass is 227 g/mol. The molecule has 0 aliphatic rings. The van der Waals surface area contributed by atoms with Gasteiger partial charge in [-0.15, -0.1) is 0 Å². The normalized spacial score (nSPS) is 11.9. The second-order valence-corrected chi connectivity index (χ2v) is 5.16. The summed E-state index contributed by atoms with van der Waals surface area (Å²) in [4.78, 5) is 0.330. The molecule has 1 rings (SSSR count). The van der Waals surface area contributed by atoms with Crippen LogP contribution in [0.4, 0.5) is 0 Å². The molecule has 0 aliphatic heterocycles. The van der Waals surface area contributed by atoms with Crippen LogP contribution >= 0.6 is 0 Å². The number of rotatable bonds is 5. The third-order valence-electron chi connectivity index (χ3n) is 2.36. The molecule has 0 unspecified atom stereocenters. The summed E-state index contributed by atoms with van der Waals surface area (Å²) in [5, 5.41) is 0. The summed E-state index contributed by atoms with van der Waals surface area (Å²) in [6.07, 6.45) is 1.62. The summed E-state index contributed by atoms with van der Waals surface area (Å²) in [6.45, 7) is 3.95. The van der Waals surface area contributed by atoms with Gasteiger partial charge in [0.15, 0.2) is 0 Å². The van der Waals surface area contributed by atoms with E-state index in [9.17, 15) is 8.42 Å². The van der Waals surface area contributed by atoms with E-state index >= 15 is 0 Å². The van der Waals surface area contributed by atoms with E-state index in [1.807, 2.05) is 13.8 Å². The molecule has 0 amide bonds. The Morgan fingerprint density at radius 3 is 2.13 bits per heavy atom. The predicted molar refractivity (Wildman–Crippen MR) is 61.1 cm³/mol. The van der Waals surface area contributed by atoms with Crippen molar-refractivity contribution in [2.24, 2.45) is 0 Å². The van der Waals surface area contributed by atoms with Gasteiger partial charge < -0.3 is 0 Å². The van der Waals surface area contributed by atoms with Crippen LogP contribution in [0, 0.1) is 0 Å². The number of hydrogen-bond acceptors (Lipinski definition) is 2. The van der Waals surface area contributed by atoms with Gasteiger partial charge in [-0.2, -0.15) is 0 Å². The molecule has 0 aromatic heterocycles. The van der Waals surface area contributed by atoms with Gasteiger partial charge in [-0.05, 0) is 25.0 Å². The van der Waals surface area contributed by atoms with Crippen molar-refractivity contribution in [1.29, 1.82) is 0 Å². The van der Waals surface area contributed by atoms with Crippen molar-refractivity contribution in [3.05, 3.63) is 30.3 Å². The highest BCUT2D eigenvalue weighted by molar-refractivity contribution is 7.89. The maximum atomic E-state index is 11.8. The van der Waals surface area contributed by atoms with Crippen molar-refractivity contribution in [3.8, 4) is 0 Å². The van der Waals surface area contributed by atoms with E-state index in [0.717, 1.165) is 12.8 Å². The Kier molecular flexibility index (Phi) is 4.29. The first-order valence-corrected chi connectivity index (χ1v) is 6.65. The van der Waals surface area contributed by atoms with Crippen molar-refractivity contribution in [2.75, 3.05) is 0 Å². The molecule has 15 heavy (non-hydrogen) atoms. The van der Waals surface area contributed by atoms with Crippen LogP contribution in [0.15, 0.2) is 35.2 Å². The molecule has 0 heterocycles. The smallest absolute Gasteiger partial charge is 0.208 e. The molecule has 0 atom stereocenters. The Labute approximate surface area is 91.6 Å². The van der Waals surface area contributed by atoms with E-state index in [1.165, 1.54) is 0 Å². The van der Waals surface area contributed by atoms with E-state index in [4.69, 9.17) is 0 Å². The molecule has 0 aliphatic carbocycles. The highest BCUT2D eigenvalue weighted by Gasteiger charge is 2.16. The van der Waals surface area contributed by atoms with Crippen molar-refractivity contribution < 1.29 is 8.42 Å². The molecule has 1 aromatic rings. The number of hydrogen-bond donors (Lipinski definition) is 1. The zero-order valence-electron chi connectivity index (χ0n) is 9.10. The largest absolute Gasteiger partial charge is 0.240 e. The first-order chi connectivity index (χ1) is 7.10. The van der Waals surface area contributed by atoms with Gasteiger partial charge in [0.2, 0.25) is 10.0 Å². The van der Waals surface area contributed by atoms with E-state index in [-0.39, 0.29) is 6.04 Å². The zero-order valence-corrected chi connectivity index (χ0v) is 9.92. The predicted octanol–water partition coefficient (Wildman–Crippen LogP) is 2.15. The van der Waals surface area contributed by atoms with Crippen molar-refractivity contribution in [1.82, 2.24) is 4.72 Å². The molecular weight excluding hydrogens is 210 g/mol. The summed E-state index contributed by atoms with van der Waals surface area (Å²) < 4.78 is 26.4. The first-order valence-electron chi connectivity index (χ1n) is 5.17. The maximum absolute atomic E-state index is 11.8. The van der Waals surface area contributed by atoms with Gasteiger partial charge in [0.1, 0.15) is 0 Å². The average molecular weight is 227 g/mol. The van der Waals surface area contributed by atoms with Crippen molar-refractivity contribution >= 4 is 10.0 Å². The Morgan fingerprint density at radius 1 is 1.13 bits per heavy atom. The fourth-order valence-corrected chi connectivity index (χ4v) is 2.77. The second kappa shape index (κ2) is 5.28. The third kappa shape index (κ3) is 3.32. The fourth-order valence-electron chi connectivity index (χ4n) is 1.34. The van der Waals surface area contributed by atoms with E-state index < -0.39 is 10.0 Å². The van der Waals surface area contributed by atoms with Crippen LogP contribution in [-0.4, -0.2) is 14.5 Å². The first kappa shape index (κ1) is 12.2. The van der Waals surface area contributed by atoms with Crippen molar-refractivity contribution in [2.45, 2.75) is 37.6 Å². The van der Waals surface area contributed by atoms with Gasteiger partial charge in [-0.25, -0.2) is 13.1 Å². The highest BCUT2D eigenvalue weighted by Crippen LogP contribution is 2.09. The summed E-state index contributed by atoms with van der Waals surface area (Å²) in [7, 11) is -3.33. The molecule has 3 nitrogen and oxygen atoms in total. The lowest BCUT2D eigenvalue weighted by atomic mass is 10.2. The number of nitrogens with one attached hydrogen (secondary N) is 1. The van der Waals surface area contributed by atoms with Gasteiger partial charge in [0.05, 0.1) is 4.90 Å². The fraction of sp³-hybridized carbons (Fsp3) is 0.455. The van der Waals surface area contributed by atoms with Gasteiger partial charge in [-0.1, -0.05) is 32.0 Å². The third-order valence-corrected chi connectivity index (χ3v) is 3.90. The Morgan fingerprint density at radius 2 is 1.67 bits per heavy atom. The van der Waals surface area contributed by atoms with Crippen LogP contribution in [0.2, 0.25) is 0 Å². The van der Waals surface area contributed by atoms with Crippen LogP contribution in [0.5, 0.6) is 0 Å². The minimum absolute atomic E-state index is 0.0233. The maximum Gasteiger partial charge on any atom is 0.240 e. The molecular formula is C11H17NO2S. The number of sulfonamides is 1. The lowest BCUT2D eigenvalue weighted by Gasteiger charge is -2.14. The van der Waals surface area contributed by atoms with Crippen molar-refractivity contribution in [3.63, 3.8) is 0 Å². The molecule has 1 aromatic carbocycles. The molecule has 0 saturated carbocycles. The summed E-state index contributed by atoms with van der Waals surface area (Å²) in [6, 6.07) is 8.48. The lowest BCUT2D eigenvalue weighted by molar-refractivity contribution is 0.530. The molecule has 0 bridgehead atoms. The van der Waals surface area contributed by atoms with Crippen LogP contribution in [0.1, 0.15) is 26.7 Å². The Hall–Kier alpha value is -0.870. The van der Waals surface area contributed by atoms with Gasteiger partial charge >= 0.3 is 0 Å². The summed E-state index contributed by atoms with van der Waals surface area (Å²) >= 11 is 0. The lowest BCUT2D eigenvalue weighted by Crippen LogP contribution is -2.33. The molecule has 0 fully saturated rings.